The normalized spacial score (nSPS) is 15.4. The summed E-state index contributed by atoms with van der Waals surface area (Å²) >= 11 is 0. The van der Waals surface area contributed by atoms with E-state index in [4.69, 9.17) is 9.15 Å². The van der Waals surface area contributed by atoms with Crippen LogP contribution in [0.25, 0.3) is 11.5 Å². The van der Waals surface area contributed by atoms with Crippen molar-refractivity contribution in [1.82, 2.24) is 20.0 Å². The maximum absolute atomic E-state index is 12.3. The summed E-state index contributed by atoms with van der Waals surface area (Å²) in [5.41, 5.74) is 0.835. The molecule has 0 bridgehead atoms. The molecule has 25 heavy (non-hydrogen) atoms. The van der Waals surface area contributed by atoms with E-state index >= 15 is 0 Å². The Morgan fingerprint density at radius 1 is 1.16 bits per heavy atom. The Balaban J connectivity index is 1.52. The van der Waals surface area contributed by atoms with E-state index in [-0.39, 0.29) is 5.91 Å². The van der Waals surface area contributed by atoms with Gasteiger partial charge in [0.25, 0.3) is 0 Å². The predicted molar refractivity (Wildman–Crippen MR) is 93.3 cm³/mol. The zero-order valence-corrected chi connectivity index (χ0v) is 14.8. The summed E-state index contributed by atoms with van der Waals surface area (Å²) in [6, 6.07) is 7.43. The van der Waals surface area contributed by atoms with Crippen molar-refractivity contribution in [3.63, 3.8) is 0 Å². The monoisotopic (exact) mass is 344 g/mol. The smallest absolute Gasteiger partial charge is 0.247 e. The van der Waals surface area contributed by atoms with Gasteiger partial charge >= 0.3 is 0 Å². The minimum absolute atomic E-state index is 0.153. The third kappa shape index (κ3) is 4.36. The number of rotatable bonds is 6. The molecule has 0 N–H and O–H groups in total. The molecule has 0 atom stereocenters. The first kappa shape index (κ1) is 17.4. The van der Waals surface area contributed by atoms with Gasteiger partial charge in [0.15, 0.2) is 0 Å². The van der Waals surface area contributed by atoms with Crippen LogP contribution in [0.1, 0.15) is 19.2 Å². The summed E-state index contributed by atoms with van der Waals surface area (Å²) in [5.74, 6) is 1.88. The van der Waals surface area contributed by atoms with Crippen LogP contribution in [-0.4, -0.2) is 65.7 Å². The number of benzene rings is 1. The van der Waals surface area contributed by atoms with Gasteiger partial charge in [0.05, 0.1) is 7.11 Å². The second kappa shape index (κ2) is 8.11. The number of piperazine rings is 1. The van der Waals surface area contributed by atoms with E-state index in [1.807, 2.05) is 29.2 Å². The molecule has 3 rings (SSSR count). The summed E-state index contributed by atoms with van der Waals surface area (Å²) < 4.78 is 10.8. The second-order valence-corrected chi connectivity index (χ2v) is 6.04. The van der Waals surface area contributed by atoms with E-state index in [1.54, 1.807) is 7.11 Å². The first-order chi connectivity index (χ1) is 12.2. The lowest BCUT2D eigenvalue weighted by Crippen LogP contribution is -2.48. The lowest BCUT2D eigenvalue weighted by Gasteiger charge is -2.34. The highest BCUT2D eigenvalue weighted by molar-refractivity contribution is 5.76. The number of amides is 1. The van der Waals surface area contributed by atoms with Gasteiger partial charge in [0.1, 0.15) is 5.75 Å². The number of hydrogen-bond donors (Lipinski definition) is 0. The summed E-state index contributed by atoms with van der Waals surface area (Å²) in [6.45, 7) is 6.68. The predicted octanol–water partition coefficient (Wildman–Crippen LogP) is 1.84. The van der Waals surface area contributed by atoms with Crippen LogP contribution in [-0.2, 0) is 11.2 Å². The highest BCUT2D eigenvalue weighted by atomic mass is 16.5. The quantitative estimate of drug-likeness (QED) is 0.796. The number of nitrogens with zero attached hydrogens (tertiary/aromatic N) is 4. The zero-order valence-electron chi connectivity index (χ0n) is 14.8. The molecule has 7 nitrogen and oxygen atoms in total. The van der Waals surface area contributed by atoms with Crippen molar-refractivity contribution in [2.24, 2.45) is 0 Å². The molecular weight excluding hydrogens is 320 g/mol. The number of ether oxygens (including phenoxy) is 1. The van der Waals surface area contributed by atoms with Crippen LogP contribution in [0, 0.1) is 0 Å². The average Bonchev–Trinajstić information content (AvgIpc) is 3.15. The van der Waals surface area contributed by atoms with E-state index in [0.717, 1.165) is 44.0 Å². The van der Waals surface area contributed by atoms with Crippen LogP contribution in [0.2, 0.25) is 0 Å². The van der Waals surface area contributed by atoms with Crippen molar-refractivity contribution in [3.8, 4) is 17.2 Å². The molecule has 1 aliphatic rings. The van der Waals surface area contributed by atoms with E-state index < -0.39 is 0 Å². The van der Waals surface area contributed by atoms with Gasteiger partial charge in [-0.25, -0.2) is 0 Å². The standard InChI is InChI=1S/C18H24N4O3/c1-3-21-10-12-22(13-11-21)17(23)9-8-16-19-20-18(25-16)14-4-6-15(24-2)7-5-14/h4-7H,3,8-13H2,1-2H3. The molecule has 0 unspecified atom stereocenters. The number of aryl methyl sites for hydroxylation is 1. The Morgan fingerprint density at radius 3 is 2.52 bits per heavy atom. The first-order valence-electron chi connectivity index (χ1n) is 8.66. The Hall–Kier alpha value is -2.41. The first-order valence-corrected chi connectivity index (χ1v) is 8.66. The molecule has 2 aromatic rings. The topological polar surface area (TPSA) is 71.7 Å². The summed E-state index contributed by atoms with van der Waals surface area (Å²) in [5, 5.41) is 8.12. The third-order valence-corrected chi connectivity index (χ3v) is 4.53. The molecule has 1 amide bonds. The largest absolute Gasteiger partial charge is 0.497 e. The Morgan fingerprint density at radius 2 is 1.88 bits per heavy atom. The fourth-order valence-electron chi connectivity index (χ4n) is 2.89. The number of carbonyl (C=O) groups is 1. The average molecular weight is 344 g/mol. The number of aromatic nitrogens is 2. The number of hydrogen-bond acceptors (Lipinski definition) is 6. The van der Waals surface area contributed by atoms with Crippen molar-refractivity contribution in [1.29, 1.82) is 0 Å². The fraction of sp³-hybridized carbons (Fsp3) is 0.500. The van der Waals surface area contributed by atoms with Crippen LogP contribution in [0.5, 0.6) is 5.75 Å². The second-order valence-electron chi connectivity index (χ2n) is 6.04. The van der Waals surface area contributed by atoms with Crippen LogP contribution < -0.4 is 4.74 Å². The minimum Gasteiger partial charge on any atom is -0.497 e. The molecule has 0 spiro atoms. The van der Waals surface area contributed by atoms with Gasteiger partial charge in [-0.1, -0.05) is 6.92 Å². The van der Waals surface area contributed by atoms with E-state index in [0.29, 0.717) is 24.6 Å². The minimum atomic E-state index is 0.153. The molecule has 0 aliphatic carbocycles. The molecule has 134 valence electrons. The third-order valence-electron chi connectivity index (χ3n) is 4.53. The molecule has 1 aromatic carbocycles. The molecule has 2 heterocycles. The summed E-state index contributed by atoms with van der Waals surface area (Å²) in [4.78, 5) is 16.6. The lowest BCUT2D eigenvalue weighted by atomic mass is 10.2. The van der Waals surface area contributed by atoms with Crippen molar-refractivity contribution in [2.75, 3.05) is 39.8 Å². The number of methoxy groups -OCH3 is 1. The number of likely N-dealkylation sites (N-methyl/N-ethyl adjacent to an activating group) is 1. The maximum atomic E-state index is 12.3. The van der Waals surface area contributed by atoms with Gasteiger partial charge in [0.2, 0.25) is 17.7 Å². The maximum Gasteiger partial charge on any atom is 0.247 e. The van der Waals surface area contributed by atoms with E-state index in [2.05, 4.69) is 22.0 Å². The van der Waals surface area contributed by atoms with Gasteiger partial charge in [0, 0.05) is 44.6 Å². The Bertz CT molecular complexity index is 691. The molecule has 7 heteroatoms. The SMILES string of the molecule is CCN1CCN(C(=O)CCc2nnc(-c3ccc(OC)cc3)o2)CC1. The highest BCUT2D eigenvalue weighted by Gasteiger charge is 2.20. The molecule has 1 saturated heterocycles. The van der Waals surface area contributed by atoms with Crippen LogP contribution in [0.15, 0.2) is 28.7 Å². The van der Waals surface area contributed by atoms with Crippen LogP contribution in [0.3, 0.4) is 0 Å². The molecule has 1 aromatic heterocycles. The summed E-state index contributed by atoms with van der Waals surface area (Å²) in [6.07, 6.45) is 0.867. The van der Waals surface area contributed by atoms with Gasteiger partial charge < -0.3 is 19.0 Å². The van der Waals surface area contributed by atoms with Crippen molar-refractivity contribution < 1.29 is 13.9 Å². The molecular formula is C18H24N4O3. The van der Waals surface area contributed by atoms with Crippen molar-refractivity contribution in [3.05, 3.63) is 30.2 Å². The molecule has 1 fully saturated rings. The summed E-state index contributed by atoms with van der Waals surface area (Å²) in [7, 11) is 1.62. The van der Waals surface area contributed by atoms with Gasteiger partial charge in [-0.05, 0) is 30.8 Å². The van der Waals surface area contributed by atoms with Gasteiger partial charge in [-0.15, -0.1) is 10.2 Å². The zero-order chi connectivity index (χ0) is 17.6. The number of carbonyl (C=O) groups excluding carboxylic acids is 1. The highest BCUT2D eigenvalue weighted by Crippen LogP contribution is 2.21. The van der Waals surface area contributed by atoms with Gasteiger partial charge in [-0.3, -0.25) is 4.79 Å². The van der Waals surface area contributed by atoms with Crippen LogP contribution in [0.4, 0.5) is 0 Å². The Kier molecular flexibility index (Phi) is 5.65. The Labute approximate surface area is 147 Å². The fourth-order valence-corrected chi connectivity index (χ4v) is 2.89. The molecule has 0 radical (unpaired) electrons. The van der Waals surface area contributed by atoms with Crippen molar-refractivity contribution >= 4 is 5.91 Å². The van der Waals surface area contributed by atoms with Crippen LogP contribution >= 0.6 is 0 Å². The lowest BCUT2D eigenvalue weighted by molar-refractivity contribution is -0.132. The van der Waals surface area contributed by atoms with Gasteiger partial charge in [-0.2, -0.15) is 0 Å². The molecule has 0 saturated carbocycles. The molecule has 1 aliphatic heterocycles. The van der Waals surface area contributed by atoms with E-state index in [9.17, 15) is 4.79 Å². The van der Waals surface area contributed by atoms with Crippen molar-refractivity contribution in [2.45, 2.75) is 19.8 Å². The van der Waals surface area contributed by atoms with E-state index in [1.165, 1.54) is 0 Å².